The number of anilines is 1. The molecule has 1 amide bonds. The van der Waals surface area contributed by atoms with Crippen molar-refractivity contribution < 1.29 is 18.7 Å². The van der Waals surface area contributed by atoms with Gasteiger partial charge in [-0.3, -0.25) is 4.79 Å². The van der Waals surface area contributed by atoms with Crippen molar-refractivity contribution in [3.8, 4) is 0 Å². The Morgan fingerprint density at radius 1 is 1.13 bits per heavy atom. The average molecular weight is 416 g/mol. The third-order valence-electron chi connectivity index (χ3n) is 6.71. The highest BCUT2D eigenvalue weighted by Gasteiger charge is 2.51. The first kappa shape index (κ1) is 20.8. The van der Waals surface area contributed by atoms with Gasteiger partial charge in [0, 0.05) is 63.4 Å². The number of esters is 1. The fraction of sp³-hybridized carbons (Fsp3) is 0.565. The molecule has 0 aliphatic carbocycles. The minimum Gasteiger partial charge on any atom is -0.450 e. The molecule has 4 rings (SSSR count). The fourth-order valence-corrected chi connectivity index (χ4v) is 4.90. The van der Waals surface area contributed by atoms with E-state index in [0.29, 0.717) is 43.6 Å². The number of nitrogens with zero attached hydrogens (tertiary/aromatic N) is 3. The number of piperidine rings is 1. The van der Waals surface area contributed by atoms with E-state index in [9.17, 15) is 14.0 Å². The highest BCUT2D eigenvalue weighted by Crippen LogP contribution is 2.42. The van der Waals surface area contributed by atoms with Gasteiger partial charge in [0.2, 0.25) is 0 Å². The topological polar surface area (TPSA) is 53.1 Å². The highest BCUT2D eigenvalue weighted by molar-refractivity contribution is 6.07. The number of ether oxygens (including phenoxy) is 1. The second-order valence-electron chi connectivity index (χ2n) is 8.43. The van der Waals surface area contributed by atoms with Crippen molar-refractivity contribution in [2.24, 2.45) is 0 Å². The first-order valence-electron chi connectivity index (χ1n) is 10.9. The van der Waals surface area contributed by atoms with Crippen LogP contribution in [0.1, 0.15) is 33.1 Å². The van der Waals surface area contributed by atoms with Crippen LogP contribution in [0.3, 0.4) is 0 Å². The highest BCUT2D eigenvalue weighted by atomic mass is 19.1. The van der Waals surface area contributed by atoms with Gasteiger partial charge >= 0.3 is 5.97 Å². The maximum atomic E-state index is 13.6. The molecule has 2 saturated heterocycles. The Hall–Kier alpha value is -2.41. The molecule has 0 N–H and O–H groups in total. The smallest absolute Gasteiger partial charge is 0.335 e. The molecule has 30 heavy (non-hydrogen) atoms. The molecule has 7 heteroatoms. The Balaban J connectivity index is 1.51. The largest absolute Gasteiger partial charge is 0.450 e. The Kier molecular flexibility index (Phi) is 5.82. The summed E-state index contributed by atoms with van der Waals surface area (Å²) in [6, 6.07) is 6.57. The number of halogens is 1. The molecule has 3 aliphatic heterocycles. The van der Waals surface area contributed by atoms with Gasteiger partial charge in [-0.2, -0.15) is 0 Å². The normalized spacial score (nSPS) is 22.4. The lowest BCUT2D eigenvalue weighted by atomic mass is 9.82. The molecule has 0 saturated carbocycles. The molecule has 0 aromatic heterocycles. The van der Waals surface area contributed by atoms with Gasteiger partial charge in [0.05, 0.1) is 5.57 Å². The molecule has 162 valence electrons. The standard InChI is InChI=1S/C23H30FN3O3/c1-3-25-12-8-23(9-13-25)20(17(2)22(29)30-23)21(28)27-11-5-10-26(14-15-27)19-7-4-6-18(24)16-19/h4,6-7,16H,3,5,8-15H2,1-2H3. The van der Waals surface area contributed by atoms with Crippen molar-refractivity contribution in [3.05, 3.63) is 41.2 Å². The van der Waals surface area contributed by atoms with E-state index in [1.54, 1.807) is 13.0 Å². The predicted octanol–water partition coefficient (Wildman–Crippen LogP) is 2.59. The predicted molar refractivity (Wildman–Crippen MR) is 113 cm³/mol. The van der Waals surface area contributed by atoms with E-state index >= 15 is 0 Å². The van der Waals surface area contributed by atoms with E-state index in [-0.39, 0.29) is 17.7 Å². The summed E-state index contributed by atoms with van der Waals surface area (Å²) in [6.07, 6.45) is 2.11. The van der Waals surface area contributed by atoms with Crippen LogP contribution in [-0.4, -0.2) is 73.1 Å². The second kappa shape index (κ2) is 8.38. The van der Waals surface area contributed by atoms with Crippen molar-refractivity contribution in [1.82, 2.24) is 9.80 Å². The minimum atomic E-state index is -0.779. The van der Waals surface area contributed by atoms with Crippen LogP contribution in [0.15, 0.2) is 35.4 Å². The van der Waals surface area contributed by atoms with E-state index in [4.69, 9.17) is 4.74 Å². The molecule has 0 bridgehead atoms. The Morgan fingerprint density at radius 3 is 2.60 bits per heavy atom. The summed E-state index contributed by atoms with van der Waals surface area (Å²) < 4.78 is 19.4. The summed E-state index contributed by atoms with van der Waals surface area (Å²) in [5.41, 5.74) is 1.07. The van der Waals surface area contributed by atoms with Crippen LogP contribution in [0.2, 0.25) is 0 Å². The van der Waals surface area contributed by atoms with Gasteiger partial charge in [-0.25, -0.2) is 9.18 Å². The van der Waals surface area contributed by atoms with Gasteiger partial charge in [0.25, 0.3) is 5.91 Å². The summed E-state index contributed by atoms with van der Waals surface area (Å²) in [6.45, 7) is 8.98. The third-order valence-corrected chi connectivity index (χ3v) is 6.71. The molecule has 6 nitrogen and oxygen atoms in total. The molecule has 3 aliphatic rings. The van der Waals surface area contributed by atoms with Crippen LogP contribution in [0.5, 0.6) is 0 Å². The lowest BCUT2D eigenvalue weighted by Gasteiger charge is -2.40. The quantitative estimate of drug-likeness (QED) is 0.711. The summed E-state index contributed by atoms with van der Waals surface area (Å²) in [5, 5.41) is 0. The number of likely N-dealkylation sites (tertiary alicyclic amines) is 1. The zero-order chi connectivity index (χ0) is 21.3. The first-order chi connectivity index (χ1) is 14.4. The fourth-order valence-electron chi connectivity index (χ4n) is 4.90. The molecule has 2 fully saturated rings. The summed E-state index contributed by atoms with van der Waals surface area (Å²) in [5.74, 6) is -0.698. The van der Waals surface area contributed by atoms with E-state index in [1.807, 2.05) is 11.0 Å². The number of rotatable bonds is 3. The van der Waals surface area contributed by atoms with Crippen LogP contribution in [0, 0.1) is 5.82 Å². The van der Waals surface area contributed by atoms with E-state index in [0.717, 1.165) is 38.3 Å². The van der Waals surface area contributed by atoms with Crippen LogP contribution in [-0.2, 0) is 14.3 Å². The van der Waals surface area contributed by atoms with Crippen molar-refractivity contribution in [1.29, 1.82) is 0 Å². The van der Waals surface area contributed by atoms with E-state index in [1.165, 1.54) is 12.1 Å². The first-order valence-corrected chi connectivity index (χ1v) is 10.9. The maximum Gasteiger partial charge on any atom is 0.335 e. The van der Waals surface area contributed by atoms with Crippen molar-refractivity contribution in [2.45, 2.75) is 38.7 Å². The Bertz CT molecular complexity index is 861. The number of carbonyl (C=O) groups excluding carboxylic acids is 2. The molecule has 1 aromatic rings. The van der Waals surface area contributed by atoms with Crippen LogP contribution in [0.25, 0.3) is 0 Å². The molecule has 3 heterocycles. The number of carbonyl (C=O) groups is 2. The molecule has 0 atom stereocenters. The molecule has 0 unspecified atom stereocenters. The van der Waals surface area contributed by atoms with Gasteiger partial charge in [-0.1, -0.05) is 13.0 Å². The third kappa shape index (κ3) is 3.83. The van der Waals surface area contributed by atoms with Crippen molar-refractivity contribution >= 4 is 17.6 Å². The van der Waals surface area contributed by atoms with E-state index < -0.39 is 5.60 Å². The number of hydrogen-bond acceptors (Lipinski definition) is 5. The van der Waals surface area contributed by atoms with E-state index in [2.05, 4.69) is 16.7 Å². The Morgan fingerprint density at radius 2 is 1.90 bits per heavy atom. The number of benzene rings is 1. The number of amides is 1. The molecule has 1 spiro atoms. The van der Waals surface area contributed by atoms with Crippen molar-refractivity contribution in [2.75, 3.05) is 50.7 Å². The summed E-state index contributed by atoms with van der Waals surface area (Å²) in [4.78, 5) is 32.3. The molecule has 1 aromatic carbocycles. The van der Waals surface area contributed by atoms with Gasteiger partial charge in [0.1, 0.15) is 11.4 Å². The minimum absolute atomic E-state index is 0.0793. The molecule has 0 radical (unpaired) electrons. The summed E-state index contributed by atoms with van der Waals surface area (Å²) >= 11 is 0. The average Bonchev–Trinajstić information content (AvgIpc) is 2.91. The van der Waals surface area contributed by atoms with Gasteiger partial charge in [-0.15, -0.1) is 0 Å². The van der Waals surface area contributed by atoms with Crippen LogP contribution < -0.4 is 4.90 Å². The van der Waals surface area contributed by atoms with Crippen LogP contribution in [0.4, 0.5) is 10.1 Å². The maximum absolute atomic E-state index is 13.6. The zero-order valence-electron chi connectivity index (χ0n) is 17.8. The van der Waals surface area contributed by atoms with Crippen molar-refractivity contribution in [3.63, 3.8) is 0 Å². The molecular weight excluding hydrogens is 385 g/mol. The SMILES string of the molecule is CCN1CCC2(CC1)OC(=O)C(C)=C2C(=O)N1CCCN(c2cccc(F)c2)CC1. The van der Waals surface area contributed by atoms with Gasteiger partial charge in [-0.05, 0) is 38.1 Å². The summed E-state index contributed by atoms with van der Waals surface area (Å²) in [7, 11) is 0. The number of hydrogen-bond donors (Lipinski definition) is 0. The monoisotopic (exact) mass is 415 g/mol. The lowest BCUT2D eigenvalue weighted by molar-refractivity contribution is -0.151. The zero-order valence-corrected chi connectivity index (χ0v) is 17.8. The molecular formula is C23H30FN3O3. The second-order valence-corrected chi connectivity index (χ2v) is 8.43. The lowest BCUT2D eigenvalue weighted by Crippen LogP contribution is -2.49. The van der Waals surface area contributed by atoms with Crippen LogP contribution >= 0.6 is 0 Å². The van der Waals surface area contributed by atoms with Gasteiger partial charge < -0.3 is 19.4 Å². The van der Waals surface area contributed by atoms with Gasteiger partial charge in [0.15, 0.2) is 0 Å². The Labute approximate surface area is 177 Å².